The Hall–Kier alpha value is -1.32. The van der Waals surface area contributed by atoms with Crippen molar-refractivity contribution in [3.8, 4) is 5.75 Å². The van der Waals surface area contributed by atoms with Crippen LogP contribution in [0.3, 0.4) is 0 Å². The van der Waals surface area contributed by atoms with E-state index in [1.807, 2.05) is 31.2 Å². The molecule has 88 valence electrons. The van der Waals surface area contributed by atoms with Gasteiger partial charge in [0.05, 0.1) is 13.2 Å². The molecule has 1 unspecified atom stereocenters. The van der Waals surface area contributed by atoms with Gasteiger partial charge in [0, 0.05) is 13.1 Å². The maximum absolute atomic E-state index is 9.91. The predicted octanol–water partition coefficient (Wildman–Crippen LogP) is 1.89. The van der Waals surface area contributed by atoms with Crippen LogP contribution in [0.25, 0.3) is 0 Å². The summed E-state index contributed by atoms with van der Waals surface area (Å²) in [6.45, 7) is 6.97. The van der Waals surface area contributed by atoms with Gasteiger partial charge < -0.3 is 15.2 Å². The van der Waals surface area contributed by atoms with Gasteiger partial charge >= 0.3 is 0 Å². The van der Waals surface area contributed by atoms with Crippen LogP contribution in [0.4, 0.5) is 0 Å². The number of hydrogen-bond acceptors (Lipinski definition) is 3. The molecule has 0 amide bonds. The normalized spacial score (nSPS) is 12.2. The highest BCUT2D eigenvalue weighted by atomic mass is 16.5. The summed E-state index contributed by atoms with van der Waals surface area (Å²) < 4.78 is 5.10. The fourth-order valence-corrected chi connectivity index (χ4v) is 1.39. The van der Waals surface area contributed by atoms with E-state index in [0.29, 0.717) is 6.54 Å². The zero-order valence-electron chi connectivity index (χ0n) is 9.86. The van der Waals surface area contributed by atoms with Gasteiger partial charge in [0.2, 0.25) is 0 Å². The van der Waals surface area contributed by atoms with Crippen LogP contribution in [0, 0.1) is 0 Å². The van der Waals surface area contributed by atoms with Crippen LogP contribution in [-0.4, -0.2) is 25.3 Å². The maximum atomic E-state index is 9.91. The summed E-state index contributed by atoms with van der Waals surface area (Å²) in [7, 11) is 1.62. The standard InChI is InChI=1S/C13H19NO2/c1-10(2)8-14-9-13(15)11-5-4-6-12(7-11)16-3/h4-7,13-15H,1,8-9H2,2-3H3. The van der Waals surface area contributed by atoms with E-state index in [9.17, 15) is 5.11 Å². The lowest BCUT2D eigenvalue weighted by atomic mass is 10.1. The highest BCUT2D eigenvalue weighted by molar-refractivity contribution is 5.29. The Kier molecular flexibility index (Phi) is 5.02. The Morgan fingerprint density at radius 2 is 2.31 bits per heavy atom. The Balaban J connectivity index is 2.51. The molecular weight excluding hydrogens is 202 g/mol. The summed E-state index contributed by atoms with van der Waals surface area (Å²) in [5, 5.41) is 13.0. The number of aliphatic hydroxyl groups excluding tert-OH is 1. The van der Waals surface area contributed by atoms with Crippen molar-refractivity contribution in [1.29, 1.82) is 0 Å². The quantitative estimate of drug-likeness (QED) is 0.721. The molecule has 1 aromatic carbocycles. The third-order valence-corrected chi connectivity index (χ3v) is 2.24. The largest absolute Gasteiger partial charge is 0.497 e. The van der Waals surface area contributed by atoms with Crippen LogP contribution in [0.1, 0.15) is 18.6 Å². The minimum absolute atomic E-state index is 0.514. The predicted molar refractivity (Wildman–Crippen MR) is 65.6 cm³/mol. The average molecular weight is 221 g/mol. The van der Waals surface area contributed by atoms with E-state index in [4.69, 9.17) is 4.74 Å². The summed E-state index contributed by atoms with van der Waals surface area (Å²) in [4.78, 5) is 0. The van der Waals surface area contributed by atoms with Gasteiger partial charge in [-0.3, -0.25) is 0 Å². The molecule has 0 saturated carbocycles. The molecule has 3 nitrogen and oxygen atoms in total. The summed E-state index contributed by atoms with van der Waals surface area (Å²) in [6.07, 6.45) is -0.519. The number of hydrogen-bond donors (Lipinski definition) is 2. The fourth-order valence-electron chi connectivity index (χ4n) is 1.39. The van der Waals surface area contributed by atoms with E-state index in [0.717, 1.165) is 23.4 Å². The van der Waals surface area contributed by atoms with Crippen molar-refractivity contribution in [2.45, 2.75) is 13.0 Å². The number of benzene rings is 1. The zero-order valence-corrected chi connectivity index (χ0v) is 9.86. The number of ether oxygens (including phenoxy) is 1. The first-order valence-corrected chi connectivity index (χ1v) is 5.30. The van der Waals surface area contributed by atoms with Crippen molar-refractivity contribution in [2.24, 2.45) is 0 Å². The first-order valence-electron chi connectivity index (χ1n) is 5.30. The third-order valence-electron chi connectivity index (χ3n) is 2.24. The first kappa shape index (κ1) is 12.7. The van der Waals surface area contributed by atoms with Gasteiger partial charge in [0.1, 0.15) is 5.75 Å². The molecule has 0 aliphatic heterocycles. The summed E-state index contributed by atoms with van der Waals surface area (Å²) in [5.74, 6) is 0.761. The van der Waals surface area contributed by atoms with Gasteiger partial charge in [-0.15, -0.1) is 0 Å². The molecule has 1 atom stereocenters. The second kappa shape index (κ2) is 6.30. The lowest BCUT2D eigenvalue weighted by molar-refractivity contribution is 0.175. The second-order valence-electron chi connectivity index (χ2n) is 3.88. The van der Waals surface area contributed by atoms with E-state index in [1.54, 1.807) is 7.11 Å². The Bertz CT molecular complexity index is 350. The van der Waals surface area contributed by atoms with Crippen LogP contribution in [0.5, 0.6) is 5.75 Å². The molecule has 0 heterocycles. The number of rotatable bonds is 6. The van der Waals surface area contributed by atoms with Crippen molar-refractivity contribution in [2.75, 3.05) is 20.2 Å². The second-order valence-corrected chi connectivity index (χ2v) is 3.88. The van der Waals surface area contributed by atoms with Crippen molar-refractivity contribution < 1.29 is 9.84 Å². The molecule has 0 aromatic heterocycles. The van der Waals surface area contributed by atoms with Crippen molar-refractivity contribution in [3.63, 3.8) is 0 Å². The van der Waals surface area contributed by atoms with E-state index < -0.39 is 6.10 Å². The molecular formula is C13H19NO2. The van der Waals surface area contributed by atoms with Gasteiger partial charge in [-0.05, 0) is 24.6 Å². The minimum atomic E-state index is -0.519. The Morgan fingerprint density at radius 1 is 1.56 bits per heavy atom. The highest BCUT2D eigenvalue weighted by Gasteiger charge is 2.07. The van der Waals surface area contributed by atoms with Crippen molar-refractivity contribution in [1.82, 2.24) is 5.32 Å². The molecule has 0 spiro atoms. The summed E-state index contributed by atoms with van der Waals surface area (Å²) in [5.41, 5.74) is 1.91. The fraction of sp³-hybridized carbons (Fsp3) is 0.385. The highest BCUT2D eigenvalue weighted by Crippen LogP contribution is 2.18. The molecule has 0 aliphatic rings. The van der Waals surface area contributed by atoms with Crippen LogP contribution in [-0.2, 0) is 0 Å². The first-order chi connectivity index (χ1) is 7.63. The lowest BCUT2D eigenvalue weighted by Gasteiger charge is -2.13. The van der Waals surface area contributed by atoms with Gasteiger partial charge in [-0.2, -0.15) is 0 Å². The lowest BCUT2D eigenvalue weighted by Crippen LogP contribution is -2.22. The van der Waals surface area contributed by atoms with Crippen LogP contribution >= 0.6 is 0 Å². The molecule has 0 radical (unpaired) electrons. The molecule has 16 heavy (non-hydrogen) atoms. The molecule has 2 N–H and O–H groups in total. The minimum Gasteiger partial charge on any atom is -0.497 e. The molecule has 0 aliphatic carbocycles. The van der Waals surface area contributed by atoms with Crippen LogP contribution < -0.4 is 10.1 Å². The maximum Gasteiger partial charge on any atom is 0.119 e. The summed E-state index contributed by atoms with van der Waals surface area (Å²) >= 11 is 0. The van der Waals surface area contributed by atoms with E-state index >= 15 is 0 Å². The number of methoxy groups -OCH3 is 1. The SMILES string of the molecule is C=C(C)CNCC(O)c1cccc(OC)c1. The van der Waals surface area contributed by atoms with Gasteiger partial charge in [-0.25, -0.2) is 0 Å². The van der Waals surface area contributed by atoms with Crippen LogP contribution in [0.2, 0.25) is 0 Å². The molecule has 0 saturated heterocycles. The Labute approximate surface area is 96.8 Å². The molecule has 1 aromatic rings. The van der Waals surface area contributed by atoms with Crippen LogP contribution in [0.15, 0.2) is 36.4 Å². The third kappa shape index (κ3) is 4.04. The Morgan fingerprint density at radius 3 is 2.94 bits per heavy atom. The molecule has 0 fully saturated rings. The van der Waals surface area contributed by atoms with Gasteiger partial charge in [0.15, 0.2) is 0 Å². The van der Waals surface area contributed by atoms with E-state index in [1.165, 1.54) is 0 Å². The number of nitrogens with one attached hydrogen (secondary N) is 1. The van der Waals surface area contributed by atoms with Gasteiger partial charge in [0.25, 0.3) is 0 Å². The number of aliphatic hydroxyl groups is 1. The van der Waals surface area contributed by atoms with E-state index in [2.05, 4.69) is 11.9 Å². The molecule has 1 rings (SSSR count). The van der Waals surface area contributed by atoms with Crippen molar-refractivity contribution >= 4 is 0 Å². The van der Waals surface area contributed by atoms with E-state index in [-0.39, 0.29) is 0 Å². The zero-order chi connectivity index (χ0) is 12.0. The monoisotopic (exact) mass is 221 g/mol. The smallest absolute Gasteiger partial charge is 0.119 e. The average Bonchev–Trinajstić information content (AvgIpc) is 2.28. The summed E-state index contributed by atoms with van der Waals surface area (Å²) in [6, 6.07) is 7.45. The molecule has 0 bridgehead atoms. The topological polar surface area (TPSA) is 41.5 Å². The van der Waals surface area contributed by atoms with Gasteiger partial charge in [-0.1, -0.05) is 24.3 Å². The molecule has 3 heteroatoms. The van der Waals surface area contributed by atoms with Crippen molar-refractivity contribution in [3.05, 3.63) is 42.0 Å².